The SMILES string of the molecule is O=C1CCC(NS(=O)(=O)c2ccnc(Cl)c2)CN1. The highest BCUT2D eigenvalue weighted by Gasteiger charge is 2.24. The van der Waals surface area contributed by atoms with Crippen LogP contribution in [-0.2, 0) is 14.8 Å². The molecule has 0 saturated carbocycles. The van der Waals surface area contributed by atoms with Gasteiger partial charge in [0.2, 0.25) is 15.9 Å². The van der Waals surface area contributed by atoms with Gasteiger partial charge in [0, 0.05) is 25.2 Å². The molecule has 18 heavy (non-hydrogen) atoms. The van der Waals surface area contributed by atoms with Crippen LogP contribution in [0.15, 0.2) is 23.2 Å². The molecule has 0 radical (unpaired) electrons. The zero-order valence-electron chi connectivity index (χ0n) is 9.39. The Balaban J connectivity index is 2.10. The number of sulfonamides is 1. The van der Waals surface area contributed by atoms with Crippen molar-refractivity contribution in [1.29, 1.82) is 0 Å². The molecule has 1 aliphatic rings. The van der Waals surface area contributed by atoms with Crippen molar-refractivity contribution >= 4 is 27.5 Å². The van der Waals surface area contributed by atoms with Crippen molar-refractivity contribution in [3.05, 3.63) is 23.5 Å². The smallest absolute Gasteiger partial charge is 0.241 e. The highest BCUT2D eigenvalue weighted by Crippen LogP contribution is 2.14. The number of amides is 1. The Hall–Kier alpha value is -1.18. The van der Waals surface area contributed by atoms with E-state index in [1.54, 1.807) is 0 Å². The summed E-state index contributed by atoms with van der Waals surface area (Å²) in [5.41, 5.74) is 0. The van der Waals surface area contributed by atoms with Gasteiger partial charge in [-0.25, -0.2) is 18.1 Å². The molecule has 1 amide bonds. The van der Waals surface area contributed by atoms with E-state index < -0.39 is 10.0 Å². The zero-order chi connectivity index (χ0) is 13.2. The first-order valence-electron chi connectivity index (χ1n) is 5.38. The number of hydrogen-bond donors (Lipinski definition) is 2. The predicted molar refractivity (Wildman–Crippen MR) is 65.6 cm³/mol. The number of aromatic nitrogens is 1. The molecular formula is C10H12ClN3O3S. The molecule has 1 aliphatic heterocycles. The summed E-state index contributed by atoms with van der Waals surface area (Å²) < 4.78 is 26.6. The van der Waals surface area contributed by atoms with Crippen molar-refractivity contribution in [2.24, 2.45) is 0 Å². The molecule has 1 aromatic rings. The van der Waals surface area contributed by atoms with Crippen LogP contribution >= 0.6 is 11.6 Å². The van der Waals surface area contributed by atoms with E-state index >= 15 is 0 Å². The third-order valence-corrected chi connectivity index (χ3v) is 4.32. The quantitative estimate of drug-likeness (QED) is 0.783. The van der Waals surface area contributed by atoms with Crippen molar-refractivity contribution in [3.8, 4) is 0 Å². The molecule has 2 heterocycles. The molecule has 6 nitrogen and oxygen atoms in total. The molecule has 0 aromatic carbocycles. The van der Waals surface area contributed by atoms with E-state index in [0.717, 1.165) is 0 Å². The monoisotopic (exact) mass is 289 g/mol. The summed E-state index contributed by atoms with van der Waals surface area (Å²) >= 11 is 5.65. The number of halogens is 1. The van der Waals surface area contributed by atoms with Crippen LogP contribution in [0, 0.1) is 0 Å². The highest BCUT2D eigenvalue weighted by molar-refractivity contribution is 7.89. The van der Waals surface area contributed by atoms with Gasteiger partial charge in [-0.3, -0.25) is 4.79 Å². The summed E-state index contributed by atoms with van der Waals surface area (Å²) in [5.74, 6) is -0.0580. The van der Waals surface area contributed by atoms with Gasteiger partial charge in [-0.05, 0) is 18.6 Å². The van der Waals surface area contributed by atoms with Crippen LogP contribution in [0.2, 0.25) is 5.15 Å². The maximum absolute atomic E-state index is 12.0. The lowest BCUT2D eigenvalue weighted by Gasteiger charge is -2.23. The molecule has 1 atom stereocenters. The Morgan fingerprint density at radius 2 is 2.28 bits per heavy atom. The van der Waals surface area contributed by atoms with Crippen LogP contribution in [0.1, 0.15) is 12.8 Å². The number of piperidine rings is 1. The minimum Gasteiger partial charge on any atom is -0.355 e. The van der Waals surface area contributed by atoms with Gasteiger partial charge in [-0.15, -0.1) is 0 Å². The Bertz CT molecular complexity index is 551. The van der Waals surface area contributed by atoms with Crippen LogP contribution in [0.3, 0.4) is 0 Å². The van der Waals surface area contributed by atoms with Crippen molar-refractivity contribution in [1.82, 2.24) is 15.0 Å². The molecule has 0 spiro atoms. The molecule has 8 heteroatoms. The Labute approximate surface area is 110 Å². The molecule has 98 valence electrons. The van der Waals surface area contributed by atoms with Gasteiger partial charge in [-0.1, -0.05) is 11.6 Å². The second-order valence-corrected chi connectivity index (χ2v) is 6.08. The molecule has 0 bridgehead atoms. The van der Waals surface area contributed by atoms with Crippen LogP contribution < -0.4 is 10.0 Å². The van der Waals surface area contributed by atoms with Gasteiger partial charge < -0.3 is 5.32 Å². The van der Waals surface area contributed by atoms with E-state index in [4.69, 9.17) is 11.6 Å². The van der Waals surface area contributed by atoms with Gasteiger partial charge in [0.15, 0.2) is 0 Å². The minimum absolute atomic E-state index is 0.0580. The molecular weight excluding hydrogens is 278 g/mol. The summed E-state index contributed by atoms with van der Waals surface area (Å²) in [7, 11) is -3.63. The number of hydrogen-bond acceptors (Lipinski definition) is 4. The third-order valence-electron chi connectivity index (χ3n) is 2.60. The summed E-state index contributed by atoms with van der Waals surface area (Å²) in [5, 5.41) is 2.73. The summed E-state index contributed by atoms with van der Waals surface area (Å²) in [4.78, 5) is 14.8. The van der Waals surface area contributed by atoms with Gasteiger partial charge >= 0.3 is 0 Å². The Morgan fingerprint density at radius 1 is 1.50 bits per heavy atom. The lowest BCUT2D eigenvalue weighted by Crippen LogP contribution is -2.47. The fraction of sp³-hybridized carbons (Fsp3) is 0.400. The van der Waals surface area contributed by atoms with E-state index in [1.807, 2.05) is 0 Å². The molecule has 0 aliphatic carbocycles. The van der Waals surface area contributed by atoms with Crippen LogP contribution in [0.25, 0.3) is 0 Å². The maximum Gasteiger partial charge on any atom is 0.241 e. The van der Waals surface area contributed by atoms with Gasteiger partial charge in [0.05, 0.1) is 4.90 Å². The Morgan fingerprint density at radius 3 is 2.89 bits per heavy atom. The molecule has 2 N–H and O–H groups in total. The summed E-state index contributed by atoms with van der Waals surface area (Å²) in [6.45, 7) is 0.302. The number of pyridine rings is 1. The number of carbonyl (C=O) groups excluding carboxylic acids is 1. The number of nitrogens with one attached hydrogen (secondary N) is 2. The standard InChI is InChI=1S/C10H12ClN3O3S/c11-9-5-8(3-4-12-9)18(16,17)14-7-1-2-10(15)13-6-7/h3-5,7,14H,1-2,6H2,(H,13,15). The van der Waals surface area contributed by atoms with Crippen LogP contribution in [0.4, 0.5) is 0 Å². The average molecular weight is 290 g/mol. The van der Waals surface area contributed by atoms with Crippen molar-refractivity contribution in [2.75, 3.05) is 6.54 Å². The molecule has 1 unspecified atom stereocenters. The van der Waals surface area contributed by atoms with Crippen LogP contribution in [-0.4, -0.2) is 31.9 Å². The zero-order valence-corrected chi connectivity index (χ0v) is 11.0. The fourth-order valence-electron chi connectivity index (χ4n) is 1.67. The largest absolute Gasteiger partial charge is 0.355 e. The summed E-state index contributed by atoms with van der Waals surface area (Å²) in [6.07, 6.45) is 2.15. The van der Waals surface area contributed by atoms with E-state index in [-0.39, 0.29) is 22.0 Å². The first kappa shape index (κ1) is 13.3. The fourth-order valence-corrected chi connectivity index (χ4v) is 3.19. The minimum atomic E-state index is -3.63. The van der Waals surface area contributed by atoms with Gasteiger partial charge in [-0.2, -0.15) is 0 Å². The first-order chi connectivity index (χ1) is 8.47. The summed E-state index contributed by atoms with van der Waals surface area (Å²) in [6, 6.07) is 2.36. The van der Waals surface area contributed by atoms with Crippen LogP contribution in [0.5, 0.6) is 0 Å². The topological polar surface area (TPSA) is 88.2 Å². The predicted octanol–water partition coefficient (Wildman–Crippen LogP) is 0.292. The van der Waals surface area contributed by atoms with E-state index in [0.29, 0.717) is 19.4 Å². The number of carbonyl (C=O) groups is 1. The van der Waals surface area contributed by atoms with E-state index in [2.05, 4.69) is 15.0 Å². The van der Waals surface area contributed by atoms with Crippen molar-refractivity contribution in [2.45, 2.75) is 23.8 Å². The average Bonchev–Trinajstić information content (AvgIpc) is 2.32. The lowest BCUT2D eigenvalue weighted by molar-refractivity contribution is -0.122. The van der Waals surface area contributed by atoms with E-state index in [9.17, 15) is 13.2 Å². The van der Waals surface area contributed by atoms with Crippen molar-refractivity contribution in [3.63, 3.8) is 0 Å². The number of nitrogens with zero attached hydrogens (tertiary/aromatic N) is 1. The highest BCUT2D eigenvalue weighted by atomic mass is 35.5. The van der Waals surface area contributed by atoms with Gasteiger partial charge in [0.25, 0.3) is 0 Å². The second-order valence-electron chi connectivity index (χ2n) is 3.98. The molecule has 1 fully saturated rings. The van der Waals surface area contributed by atoms with E-state index in [1.165, 1.54) is 18.3 Å². The van der Waals surface area contributed by atoms with Gasteiger partial charge in [0.1, 0.15) is 5.15 Å². The molecule has 1 saturated heterocycles. The first-order valence-corrected chi connectivity index (χ1v) is 7.24. The molecule has 2 rings (SSSR count). The van der Waals surface area contributed by atoms with Crippen molar-refractivity contribution < 1.29 is 13.2 Å². The second kappa shape index (κ2) is 5.21. The third kappa shape index (κ3) is 3.18. The maximum atomic E-state index is 12.0. The number of rotatable bonds is 3. The lowest BCUT2D eigenvalue weighted by atomic mass is 10.1. The normalized spacial score (nSPS) is 20.5. The molecule has 1 aromatic heterocycles. The Kier molecular flexibility index (Phi) is 3.84.